The quantitative estimate of drug-likeness (QED) is 0.601. The molecule has 2 rings (SSSR count). The molecule has 2 unspecified atom stereocenters. The number of halogens is 2. The van der Waals surface area contributed by atoms with Crippen LogP contribution in [0.15, 0.2) is 42.6 Å². The van der Waals surface area contributed by atoms with Crippen LogP contribution < -0.4 is 10.6 Å². The molecule has 2 N–H and O–H groups in total. The molecule has 1 amide bonds. The number of ether oxygens (including phenoxy) is 1. The summed E-state index contributed by atoms with van der Waals surface area (Å²) >= 11 is 0. The van der Waals surface area contributed by atoms with Gasteiger partial charge in [0.15, 0.2) is 5.78 Å². The second-order valence-corrected chi connectivity index (χ2v) is 8.63. The van der Waals surface area contributed by atoms with E-state index < -0.39 is 23.6 Å². The molecular weight excluding hydrogens is 421 g/mol. The van der Waals surface area contributed by atoms with Crippen molar-refractivity contribution in [2.24, 2.45) is 11.7 Å². The van der Waals surface area contributed by atoms with Crippen molar-refractivity contribution in [2.75, 3.05) is 4.90 Å². The van der Waals surface area contributed by atoms with Crippen LogP contribution in [0.1, 0.15) is 63.5 Å². The first kappa shape index (κ1) is 26.5. The van der Waals surface area contributed by atoms with E-state index in [1.165, 1.54) is 35.4 Å². The molecule has 1 aromatic carbocycles. The van der Waals surface area contributed by atoms with Crippen LogP contribution in [0.25, 0.3) is 0 Å². The van der Waals surface area contributed by atoms with Gasteiger partial charge in [0.05, 0.1) is 6.04 Å². The Balaban J connectivity index is 0.00000480. The van der Waals surface area contributed by atoms with Gasteiger partial charge >= 0.3 is 6.09 Å². The molecule has 0 aliphatic carbocycles. The number of hydrogen-bond donors (Lipinski definition) is 1. The molecule has 2 atom stereocenters. The summed E-state index contributed by atoms with van der Waals surface area (Å²) in [6.45, 7) is 11.3. The number of Topliss-reactive ketones (excluding diaryl/α,β-unsaturated/α-hetero) is 1. The molecule has 31 heavy (non-hydrogen) atoms. The zero-order chi connectivity index (χ0) is 22.6. The number of nitrogens with zero attached hydrogens (tertiary/aromatic N) is 2. The van der Waals surface area contributed by atoms with Crippen LogP contribution in [0.4, 0.5) is 15.0 Å². The molecule has 8 heteroatoms. The minimum absolute atomic E-state index is 0. The molecule has 1 heterocycles. The van der Waals surface area contributed by atoms with E-state index in [4.69, 9.17) is 10.5 Å². The van der Waals surface area contributed by atoms with Crippen LogP contribution in [-0.2, 0) is 4.74 Å². The normalized spacial score (nSPS) is 13.2. The maximum Gasteiger partial charge on any atom is 0.416 e. The molecule has 0 bridgehead atoms. The lowest BCUT2D eigenvalue weighted by Crippen LogP contribution is -2.45. The van der Waals surface area contributed by atoms with Crippen molar-refractivity contribution < 1.29 is 18.7 Å². The first-order chi connectivity index (χ1) is 13.9. The fourth-order valence-electron chi connectivity index (χ4n) is 2.78. The molecule has 0 aliphatic rings. The Bertz CT molecular complexity index is 898. The zero-order valence-corrected chi connectivity index (χ0v) is 19.6. The van der Waals surface area contributed by atoms with Crippen LogP contribution >= 0.6 is 12.4 Å². The smallest absolute Gasteiger partial charge is 0.416 e. The van der Waals surface area contributed by atoms with Gasteiger partial charge in [0.25, 0.3) is 0 Å². The SMILES string of the molecule is CC(C)C(C)N(C(=O)OC(C)(C)C)c1cc(C(N)C(=O)c2ccc(F)cc2)ccn1.Cl. The summed E-state index contributed by atoms with van der Waals surface area (Å²) in [6.07, 6.45) is 0.985. The Hall–Kier alpha value is -2.51. The number of carbonyl (C=O) groups is 2. The van der Waals surface area contributed by atoms with E-state index in [-0.39, 0.29) is 30.2 Å². The molecule has 6 nitrogen and oxygen atoms in total. The van der Waals surface area contributed by atoms with E-state index in [0.717, 1.165) is 0 Å². The van der Waals surface area contributed by atoms with E-state index in [2.05, 4.69) is 4.98 Å². The average Bonchev–Trinajstić information content (AvgIpc) is 2.66. The van der Waals surface area contributed by atoms with E-state index in [1.807, 2.05) is 20.8 Å². The first-order valence-corrected chi connectivity index (χ1v) is 9.94. The van der Waals surface area contributed by atoms with Crippen LogP contribution in [0, 0.1) is 11.7 Å². The molecule has 0 fully saturated rings. The number of anilines is 1. The second kappa shape index (κ2) is 10.7. The number of benzene rings is 1. The van der Waals surface area contributed by atoms with Gasteiger partial charge in [0.1, 0.15) is 17.2 Å². The Kier molecular flexibility index (Phi) is 9.14. The lowest BCUT2D eigenvalue weighted by Gasteiger charge is -2.33. The monoisotopic (exact) mass is 451 g/mol. The van der Waals surface area contributed by atoms with Crippen LogP contribution in [0.2, 0.25) is 0 Å². The van der Waals surface area contributed by atoms with E-state index in [9.17, 15) is 14.0 Å². The van der Waals surface area contributed by atoms with Crippen molar-refractivity contribution >= 4 is 30.1 Å². The van der Waals surface area contributed by atoms with Crippen molar-refractivity contribution in [3.8, 4) is 0 Å². The molecule has 1 aromatic heterocycles. The fourth-order valence-corrected chi connectivity index (χ4v) is 2.78. The van der Waals surface area contributed by atoms with Gasteiger partial charge in [-0.3, -0.25) is 9.69 Å². The predicted molar refractivity (Wildman–Crippen MR) is 122 cm³/mol. The van der Waals surface area contributed by atoms with Gasteiger partial charge in [-0.05, 0) is 75.6 Å². The first-order valence-electron chi connectivity index (χ1n) is 9.94. The van der Waals surface area contributed by atoms with Crippen molar-refractivity contribution in [1.29, 1.82) is 0 Å². The van der Waals surface area contributed by atoms with Crippen molar-refractivity contribution in [1.82, 2.24) is 4.98 Å². The Morgan fingerprint density at radius 1 is 1.10 bits per heavy atom. The Morgan fingerprint density at radius 3 is 2.19 bits per heavy atom. The van der Waals surface area contributed by atoms with E-state index in [1.54, 1.807) is 32.9 Å². The highest BCUT2D eigenvalue weighted by molar-refractivity contribution is 6.00. The number of carbonyl (C=O) groups excluding carboxylic acids is 2. The standard InChI is InChI=1S/C23H30FN3O3.ClH/c1-14(2)15(3)27(22(29)30-23(4,5)6)19-13-17(11-12-26-19)20(25)21(28)16-7-9-18(24)10-8-16;/h7-15,20H,25H2,1-6H3;1H. The van der Waals surface area contributed by atoms with Crippen LogP contribution in [0.3, 0.4) is 0 Å². The lowest BCUT2D eigenvalue weighted by atomic mass is 9.98. The van der Waals surface area contributed by atoms with Gasteiger partial charge in [-0.2, -0.15) is 0 Å². The number of aromatic nitrogens is 1. The summed E-state index contributed by atoms with van der Waals surface area (Å²) in [6, 6.07) is 7.29. The highest BCUT2D eigenvalue weighted by Crippen LogP contribution is 2.25. The summed E-state index contributed by atoms with van der Waals surface area (Å²) in [4.78, 5) is 31.4. The van der Waals surface area contributed by atoms with Gasteiger partial charge in [0.2, 0.25) is 0 Å². The third-order valence-corrected chi connectivity index (χ3v) is 4.75. The van der Waals surface area contributed by atoms with Gasteiger partial charge < -0.3 is 10.5 Å². The number of hydrogen-bond acceptors (Lipinski definition) is 5. The van der Waals surface area contributed by atoms with Gasteiger partial charge in [-0.25, -0.2) is 14.2 Å². The number of ketones is 1. The third-order valence-electron chi connectivity index (χ3n) is 4.75. The average molecular weight is 452 g/mol. The highest BCUT2D eigenvalue weighted by atomic mass is 35.5. The molecule has 0 aliphatic heterocycles. The maximum atomic E-state index is 13.1. The minimum Gasteiger partial charge on any atom is -0.443 e. The predicted octanol–water partition coefficient (Wildman–Crippen LogP) is 5.31. The molecule has 0 saturated heterocycles. The number of nitrogens with two attached hydrogens (primary N) is 1. The molecule has 0 spiro atoms. The molecule has 2 aromatic rings. The second-order valence-electron chi connectivity index (χ2n) is 8.63. The summed E-state index contributed by atoms with van der Waals surface area (Å²) in [5.41, 5.74) is 6.32. The molecule has 170 valence electrons. The van der Waals surface area contributed by atoms with Gasteiger partial charge in [-0.15, -0.1) is 12.4 Å². The summed E-state index contributed by atoms with van der Waals surface area (Å²) in [7, 11) is 0. The van der Waals surface area contributed by atoms with Gasteiger partial charge in [-0.1, -0.05) is 13.8 Å². The highest BCUT2D eigenvalue weighted by Gasteiger charge is 2.30. The zero-order valence-electron chi connectivity index (χ0n) is 18.8. The van der Waals surface area contributed by atoms with E-state index >= 15 is 0 Å². The summed E-state index contributed by atoms with van der Waals surface area (Å²) in [5, 5.41) is 0. The van der Waals surface area contributed by atoms with Crippen molar-refractivity contribution in [3.63, 3.8) is 0 Å². The topological polar surface area (TPSA) is 85.5 Å². The van der Waals surface area contributed by atoms with Crippen molar-refractivity contribution in [3.05, 3.63) is 59.5 Å². The fraction of sp³-hybridized carbons (Fsp3) is 0.435. The summed E-state index contributed by atoms with van der Waals surface area (Å²) < 4.78 is 18.7. The molecular formula is C23H31ClFN3O3. The Morgan fingerprint density at radius 2 is 1.68 bits per heavy atom. The van der Waals surface area contributed by atoms with Crippen LogP contribution in [0.5, 0.6) is 0 Å². The van der Waals surface area contributed by atoms with Crippen LogP contribution in [-0.4, -0.2) is 28.5 Å². The Labute approximate surface area is 189 Å². The van der Waals surface area contributed by atoms with Gasteiger partial charge in [0, 0.05) is 17.8 Å². The number of pyridine rings is 1. The molecule has 0 radical (unpaired) electrons. The molecule has 0 saturated carbocycles. The van der Waals surface area contributed by atoms with E-state index in [0.29, 0.717) is 16.9 Å². The largest absolute Gasteiger partial charge is 0.443 e. The lowest BCUT2D eigenvalue weighted by molar-refractivity contribution is 0.0558. The number of rotatable bonds is 6. The minimum atomic E-state index is -0.980. The van der Waals surface area contributed by atoms with Crippen molar-refractivity contribution in [2.45, 2.75) is 59.2 Å². The summed E-state index contributed by atoms with van der Waals surface area (Å²) in [5.74, 6) is -0.294. The third kappa shape index (κ3) is 7.01. The maximum absolute atomic E-state index is 13.1. The number of amides is 1.